The predicted octanol–water partition coefficient (Wildman–Crippen LogP) is 4.71. The zero-order chi connectivity index (χ0) is 16.7. The molecule has 2 aromatic carbocycles. The molecule has 122 valence electrons. The molecule has 0 heterocycles. The van der Waals surface area contributed by atoms with Crippen LogP contribution in [-0.2, 0) is 11.2 Å². The first-order valence-corrected chi connectivity index (χ1v) is 8.75. The van der Waals surface area contributed by atoms with Crippen molar-refractivity contribution in [2.75, 3.05) is 6.54 Å². The first-order chi connectivity index (χ1) is 11.0. The lowest BCUT2D eigenvalue weighted by molar-refractivity contribution is -0.120. The maximum atomic E-state index is 12.8. The Morgan fingerprint density at radius 2 is 1.83 bits per heavy atom. The summed E-state index contributed by atoms with van der Waals surface area (Å²) in [6, 6.07) is 13.9. The Kier molecular flexibility index (Phi) is 6.93. The van der Waals surface area contributed by atoms with Crippen molar-refractivity contribution in [3.05, 3.63) is 64.9 Å². The third-order valence-electron chi connectivity index (χ3n) is 3.35. The maximum absolute atomic E-state index is 12.8. The second-order valence-corrected chi connectivity index (χ2v) is 7.09. The SMILES string of the molecule is CC(Sc1ccc(Cl)cc1)C(=O)NCCCc1ccc(F)cc1. The number of hydrogen-bond acceptors (Lipinski definition) is 2. The van der Waals surface area contributed by atoms with E-state index in [0.29, 0.717) is 11.6 Å². The Bertz CT molecular complexity index is 630. The average Bonchev–Trinajstić information content (AvgIpc) is 2.55. The molecule has 0 saturated carbocycles. The molecule has 0 saturated heterocycles. The summed E-state index contributed by atoms with van der Waals surface area (Å²) < 4.78 is 12.8. The summed E-state index contributed by atoms with van der Waals surface area (Å²) in [5.41, 5.74) is 1.07. The van der Waals surface area contributed by atoms with Crippen LogP contribution < -0.4 is 5.32 Å². The third-order valence-corrected chi connectivity index (χ3v) is 4.71. The van der Waals surface area contributed by atoms with Gasteiger partial charge in [-0.05, 0) is 61.7 Å². The predicted molar refractivity (Wildman–Crippen MR) is 94.5 cm³/mol. The van der Waals surface area contributed by atoms with Gasteiger partial charge in [-0.2, -0.15) is 0 Å². The molecule has 0 bridgehead atoms. The zero-order valence-corrected chi connectivity index (χ0v) is 14.5. The molecule has 0 aliphatic heterocycles. The summed E-state index contributed by atoms with van der Waals surface area (Å²) in [5, 5.41) is 3.46. The van der Waals surface area contributed by atoms with E-state index in [2.05, 4.69) is 5.32 Å². The number of amides is 1. The Hall–Kier alpha value is -1.52. The van der Waals surface area contributed by atoms with Gasteiger partial charge in [-0.25, -0.2) is 4.39 Å². The Labute approximate surface area is 145 Å². The van der Waals surface area contributed by atoms with Crippen molar-refractivity contribution < 1.29 is 9.18 Å². The molecule has 1 unspecified atom stereocenters. The lowest BCUT2D eigenvalue weighted by Gasteiger charge is -2.12. The molecule has 0 aliphatic carbocycles. The molecule has 2 nitrogen and oxygen atoms in total. The van der Waals surface area contributed by atoms with Gasteiger partial charge in [0.05, 0.1) is 5.25 Å². The molecule has 0 aliphatic rings. The van der Waals surface area contributed by atoms with Gasteiger partial charge in [-0.3, -0.25) is 4.79 Å². The van der Waals surface area contributed by atoms with Gasteiger partial charge in [-0.15, -0.1) is 11.8 Å². The highest BCUT2D eigenvalue weighted by Crippen LogP contribution is 2.24. The van der Waals surface area contributed by atoms with Crippen LogP contribution in [-0.4, -0.2) is 17.7 Å². The fourth-order valence-corrected chi connectivity index (χ4v) is 3.09. The number of aryl methyl sites for hydroxylation is 1. The van der Waals surface area contributed by atoms with Crippen molar-refractivity contribution in [2.24, 2.45) is 0 Å². The summed E-state index contributed by atoms with van der Waals surface area (Å²) in [7, 11) is 0. The van der Waals surface area contributed by atoms with E-state index in [1.165, 1.54) is 23.9 Å². The molecule has 23 heavy (non-hydrogen) atoms. The van der Waals surface area contributed by atoms with Crippen molar-refractivity contribution in [2.45, 2.75) is 29.9 Å². The van der Waals surface area contributed by atoms with Crippen LogP contribution in [0.2, 0.25) is 5.02 Å². The van der Waals surface area contributed by atoms with Crippen LogP contribution in [0.4, 0.5) is 4.39 Å². The highest BCUT2D eigenvalue weighted by molar-refractivity contribution is 8.00. The van der Waals surface area contributed by atoms with Gasteiger partial charge >= 0.3 is 0 Å². The van der Waals surface area contributed by atoms with Gasteiger partial charge in [0.1, 0.15) is 5.82 Å². The number of nitrogens with one attached hydrogen (secondary N) is 1. The fourth-order valence-electron chi connectivity index (χ4n) is 2.07. The minimum Gasteiger partial charge on any atom is -0.355 e. The zero-order valence-electron chi connectivity index (χ0n) is 12.9. The Balaban J connectivity index is 1.69. The van der Waals surface area contributed by atoms with Gasteiger partial charge in [-0.1, -0.05) is 23.7 Å². The van der Waals surface area contributed by atoms with Gasteiger partial charge in [0.15, 0.2) is 0 Å². The summed E-state index contributed by atoms with van der Waals surface area (Å²) in [4.78, 5) is 13.1. The minimum atomic E-state index is -0.227. The van der Waals surface area contributed by atoms with Crippen LogP contribution in [0.25, 0.3) is 0 Å². The summed E-state index contributed by atoms with van der Waals surface area (Å²) >= 11 is 7.35. The number of benzene rings is 2. The topological polar surface area (TPSA) is 29.1 Å². The molecule has 1 N–H and O–H groups in total. The molecule has 5 heteroatoms. The molecule has 2 aromatic rings. The highest BCUT2D eigenvalue weighted by Gasteiger charge is 2.13. The van der Waals surface area contributed by atoms with Crippen molar-refractivity contribution in [3.8, 4) is 0 Å². The van der Waals surface area contributed by atoms with E-state index in [1.54, 1.807) is 12.1 Å². The molecule has 0 aromatic heterocycles. The lowest BCUT2D eigenvalue weighted by atomic mass is 10.1. The van der Waals surface area contributed by atoms with Crippen LogP contribution in [0.3, 0.4) is 0 Å². The first-order valence-electron chi connectivity index (χ1n) is 7.49. The second kappa shape index (κ2) is 8.94. The van der Waals surface area contributed by atoms with Crippen molar-refractivity contribution >= 4 is 29.3 Å². The maximum Gasteiger partial charge on any atom is 0.233 e. The van der Waals surface area contributed by atoms with E-state index in [4.69, 9.17) is 11.6 Å². The number of halogens is 2. The summed E-state index contributed by atoms with van der Waals surface area (Å²) in [6.07, 6.45) is 1.65. The summed E-state index contributed by atoms with van der Waals surface area (Å²) in [6.45, 7) is 2.50. The highest BCUT2D eigenvalue weighted by atomic mass is 35.5. The number of rotatable bonds is 7. The van der Waals surface area contributed by atoms with Crippen LogP contribution in [0.15, 0.2) is 53.4 Å². The van der Waals surface area contributed by atoms with E-state index in [9.17, 15) is 9.18 Å². The van der Waals surface area contributed by atoms with E-state index in [-0.39, 0.29) is 17.0 Å². The third kappa shape index (κ3) is 6.24. The standard InChI is InChI=1S/C18H19ClFNOS/c1-13(23-17-10-6-15(19)7-11-17)18(22)21-12-2-3-14-4-8-16(20)9-5-14/h4-11,13H,2-3,12H2,1H3,(H,21,22). The van der Waals surface area contributed by atoms with E-state index < -0.39 is 0 Å². The monoisotopic (exact) mass is 351 g/mol. The van der Waals surface area contributed by atoms with Crippen molar-refractivity contribution in [1.29, 1.82) is 0 Å². The molecule has 0 spiro atoms. The molecule has 0 fully saturated rings. The molecular formula is C18H19ClFNOS. The molecule has 0 radical (unpaired) electrons. The Morgan fingerprint density at radius 3 is 2.48 bits per heavy atom. The Morgan fingerprint density at radius 1 is 1.17 bits per heavy atom. The number of carbonyl (C=O) groups excluding carboxylic acids is 1. The molecular weight excluding hydrogens is 333 g/mol. The van der Waals surface area contributed by atoms with Crippen LogP contribution >= 0.6 is 23.4 Å². The second-order valence-electron chi connectivity index (χ2n) is 5.24. The van der Waals surface area contributed by atoms with Gasteiger partial charge in [0, 0.05) is 16.5 Å². The minimum absolute atomic E-state index is 0.0176. The number of thioether (sulfide) groups is 1. The van der Waals surface area contributed by atoms with Gasteiger partial charge in [0.2, 0.25) is 5.91 Å². The number of hydrogen-bond donors (Lipinski definition) is 1. The quantitative estimate of drug-likeness (QED) is 0.578. The van der Waals surface area contributed by atoms with Crippen LogP contribution in [0.1, 0.15) is 18.9 Å². The van der Waals surface area contributed by atoms with E-state index in [0.717, 1.165) is 23.3 Å². The fraction of sp³-hybridized carbons (Fsp3) is 0.278. The van der Waals surface area contributed by atoms with Crippen LogP contribution in [0, 0.1) is 5.82 Å². The summed E-state index contributed by atoms with van der Waals surface area (Å²) in [5.74, 6) is -0.209. The average molecular weight is 352 g/mol. The van der Waals surface area contributed by atoms with Crippen molar-refractivity contribution in [1.82, 2.24) is 5.32 Å². The normalized spacial score (nSPS) is 12.0. The smallest absolute Gasteiger partial charge is 0.233 e. The molecule has 1 amide bonds. The van der Waals surface area contributed by atoms with Crippen LogP contribution in [0.5, 0.6) is 0 Å². The van der Waals surface area contributed by atoms with Gasteiger partial charge < -0.3 is 5.32 Å². The first kappa shape index (κ1) is 17.8. The van der Waals surface area contributed by atoms with E-state index in [1.807, 2.05) is 31.2 Å². The lowest BCUT2D eigenvalue weighted by Crippen LogP contribution is -2.31. The molecule has 2 rings (SSSR count). The largest absolute Gasteiger partial charge is 0.355 e. The van der Waals surface area contributed by atoms with Gasteiger partial charge in [0.25, 0.3) is 0 Å². The molecule has 1 atom stereocenters. The van der Waals surface area contributed by atoms with E-state index >= 15 is 0 Å². The number of carbonyl (C=O) groups is 1. The van der Waals surface area contributed by atoms with Crippen molar-refractivity contribution in [3.63, 3.8) is 0 Å².